The molecule has 3 N–H and O–H groups in total. The number of hydrogen-bond donors (Lipinski definition) is 3. The molecule has 120 valence electrons. The van der Waals surface area contributed by atoms with Gasteiger partial charge in [-0.1, -0.05) is 6.07 Å². The van der Waals surface area contributed by atoms with E-state index in [1.807, 2.05) is 29.6 Å². The predicted molar refractivity (Wildman–Crippen MR) is 93.0 cm³/mol. The Hall–Kier alpha value is -2.32. The second-order valence-electron chi connectivity index (χ2n) is 4.74. The first-order chi connectivity index (χ1) is 11.2. The zero-order chi connectivity index (χ0) is 16.1. The van der Waals surface area contributed by atoms with Crippen molar-refractivity contribution < 1.29 is 14.3 Å². The normalized spacial score (nSPS) is 12.3. The molecule has 1 aromatic heterocycles. The van der Waals surface area contributed by atoms with Crippen LogP contribution in [0, 0.1) is 0 Å². The lowest BCUT2D eigenvalue weighted by Gasteiger charge is -2.19. The van der Waals surface area contributed by atoms with Crippen LogP contribution in [0.4, 0.5) is 5.69 Å². The zero-order valence-corrected chi connectivity index (χ0v) is 13.8. The van der Waals surface area contributed by atoms with Crippen molar-refractivity contribution in [2.75, 3.05) is 18.5 Å². The minimum Gasteiger partial charge on any atom is -0.486 e. The molecule has 0 fully saturated rings. The molecule has 1 aliphatic rings. The predicted octanol–water partition coefficient (Wildman–Crippen LogP) is 2.08. The van der Waals surface area contributed by atoms with Gasteiger partial charge in [-0.3, -0.25) is 15.6 Å². The van der Waals surface area contributed by atoms with Gasteiger partial charge in [-0.05, 0) is 35.8 Å². The molecule has 1 aromatic carbocycles. The highest BCUT2D eigenvalue weighted by atomic mass is 32.1. The summed E-state index contributed by atoms with van der Waals surface area (Å²) in [5, 5.41) is 5.21. The minimum absolute atomic E-state index is 0.154. The molecule has 0 atom stereocenters. The van der Waals surface area contributed by atoms with Crippen LogP contribution in [0.5, 0.6) is 11.5 Å². The summed E-state index contributed by atoms with van der Waals surface area (Å²) in [6, 6.07) is 9.27. The van der Waals surface area contributed by atoms with Gasteiger partial charge in [0, 0.05) is 16.6 Å². The number of thiophene rings is 1. The highest BCUT2D eigenvalue weighted by Gasteiger charge is 2.12. The number of hydrazine groups is 1. The van der Waals surface area contributed by atoms with Crippen molar-refractivity contribution >= 4 is 40.3 Å². The van der Waals surface area contributed by atoms with E-state index in [1.54, 1.807) is 6.07 Å². The number of hydrogen-bond acceptors (Lipinski definition) is 5. The lowest BCUT2D eigenvalue weighted by molar-refractivity contribution is -0.120. The first kappa shape index (κ1) is 15.6. The van der Waals surface area contributed by atoms with Crippen molar-refractivity contribution in [3.05, 3.63) is 40.6 Å². The lowest BCUT2D eigenvalue weighted by atomic mass is 10.2. The number of carbonyl (C=O) groups excluding carboxylic acids is 1. The Morgan fingerprint density at radius 1 is 1.17 bits per heavy atom. The van der Waals surface area contributed by atoms with Crippen molar-refractivity contribution in [2.24, 2.45) is 0 Å². The molecule has 2 aromatic rings. The van der Waals surface area contributed by atoms with Crippen LogP contribution in [-0.4, -0.2) is 24.2 Å². The molecule has 0 bridgehead atoms. The van der Waals surface area contributed by atoms with Gasteiger partial charge in [-0.15, -0.1) is 11.3 Å². The van der Waals surface area contributed by atoms with Crippen molar-refractivity contribution in [1.29, 1.82) is 0 Å². The van der Waals surface area contributed by atoms with Gasteiger partial charge >= 0.3 is 0 Å². The average Bonchev–Trinajstić information content (AvgIpc) is 3.06. The second-order valence-corrected chi connectivity index (χ2v) is 6.18. The summed E-state index contributed by atoms with van der Waals surface area (Å²) in [5.41, 5.74) is 5.99. The van der Waals surface area contributed by atoms with E-state index in [2.05, 4.69) is 16.2 Å². The Balaban J connectivity index is 1.48. The largest absolute Gasteiger partial charge is 0.486 e. The Morgan fingerprint density at radius 2 is 2.00 bits per heavy atom. The molecule has 1 aliphatic heterocycles. The number of rotatable bonds is 3. The van der Waals surface area contributed by atoms with Crippen LogP contribution < -0.4 is 25.6 Å². The molecular weight excluding hydrogens is 334 g/mol. The van der Waals surface area contributed by atoms with E-state index in [4.69, 9.17) is 21.7 Å². The fourth-order valence-corrected chi connectivity index (χ4v) is 2.90. The van der Waals surface area contributed by atoms with Crippen molar-refractivity contribution in [3.8, 4) is 11.5 Å². The van der Waals surface area contributed by atoms with Crippen molar-refractivity contribution in [3.63, 3.8) is 0 Å². The zero-order valence-electron chi connectivity index (χ0n) is 12.1. The lowest BCUT2D eigenvalue weighted by Crippen LogP contribution is -2.44. The molecule has 0 saturated heterocycles. The molecule has 3 rings (SSSR count). The summed E-state index contributed by atoms with van der Waals surface area (Å²) >= 11 is 6.69. The summed E-state index contributed by atoms with van der Waals surface area (Å²) in [6.07, 6.45) is 0.317. The number of carbonyl (C=O) groups is 1. The third kappa shape index (κ3) is 4.33. The summed E-state index contributed by atoms with van der Waals surface area (Å²) in [5.74, 6) is 1.23. The molecule has 0 radical (unpaired) electrons. The van der Waals surface area contributed by atoms with Gasteiger partial charge in [0.2, 0.25) is 5.91 Å². The number of fused-ring (bicyclic) bond motifs is 1. The summed E-state index contributed by atoms with van der Waals surface area (Å²) in [7, 11) is 0. The fourth-order valence-electron chi connectivity index (χ4n) is 2.03. The minimum atomic E-state index is -0.154. The highest BCUT2D eigenvalue weighted by Crippen LogP contribution is 2.32. The van der Waals surface area contributed by atoms with Crippen LogP contribution in [0.15, 0.2) is 35.7 Å². The third-order valence-corrected chi connectivity index (χ3v) is 4.11. The first-order valence-corrected chi connectivity index (χ1v) is 8.27. The van der Waals surface area contributed by atoms with Gasteiger partial charge in [-0.2, -0.15) is 0 Å². The highest BCUT2D eigenvalue weighted by molar-refractivity contribution is 7.80. The van der Waals surface area contributed by atoms with Gasteiger partial charge in [0.25, 0.3) is 0 Å². The summed E-state index contributed by atoms with van der Waals surface area (Å²) in [6.45, 7) is 1.08. The van der Waals surface area contributed by atoms with E-state index in [1.165, 1.54) is 11.3 Å². The maximum atomic E-state index is 11.8. The summed E-state index contributed by atoms with van der Waals surface area (Å²) in [4.78, 5) is 12.8. The number of anilines is 1. The van der Waals surface area contributed by atoms with E-state index in [0.29, 0.717) is 36.2 Å². The number of nitrogens with one attached hydrogen (secondary N) is 3. The van der Waals surface area contributed by atoms with E-state index in [0.717, 1.165) is 10.6 Å². The monoisotopic (exact) mass is 349 g/mol. The Morgan fingerprint density at radius 3 is 2.78 bits per heavy atom. The molecule has 6 nitrogen and oxygen atoms in total. The van der Waals surface area contributed by atoms with Crippen LogP contribution in [0.1, 0.15) is 4.88 Å². The Bertz CT molecular complexity index is 704. The van der Waals surface area contributed by atoms with Gasteiger partial charge < -0.3 is 14.8 Å². The van der Waals surface area contributed by atoms with Crippen LogP contribution in [-0.2, 0) is 11.2 Å². The maximum Gasteiger partial charge on any atom is 0.243 e. The first-order valence-electron chi connectivity index (χ1n) is 6.98. The second kappa shape index (κ2) is 7.30. The fraction of sp³-hybridized carbons (Fsp3) is 0.200. The molecule has 0 aliphatic carbocycles. The topological polar surface area (TPSA) is 71.6 Å². The van der Waals surface area contributed by atoms with E-state index in [-0.39, 0.29) is 5.91 Å². The maximum absolute atomic E-state index is 11.8. The Kier molecular flexibility index (Phi) is 4.94. The van der Waals surface area contributed by atoms with Crippen molar-refractivity contribution in [2.45, 2.75) is 6.42 Å². The third-order valence-electron chi connectivity index (χ3n) is 3.03. The van der Waals surface area contributed by atoms with E-state index >= 15 is 0 Å². The van der Waals surface area contributed by atoms with Crippen molar-refractivity contribution in [1.82, 2.24) is 10.9 Å². The van der Waals surface area contributed by atoms with E-state index in [9.17, 15) is 4.79 Å². The average molecular weight is 349 g/mol. The van der Waals surface area contributed by atoms with Crippen LogP contribution in [0.25, 0.3) is 0 Å². The van der Waals surface area contributed by atoms with Gasteiger partial charge in [0.15, 0.2) is 16.6 Å². The molecular formula is C15H15N3O3S2. The molecule has 2 heterocycles. The standard InChI is InChI=1S/C15H15N3O3S2/c19-14(9-11-2-1-7-23-11)17-18-15(22)16-10-3-4-12-13(8-10)21-6-5-20-12/h1-4,7-8H,5-6,9H2,(H,17,19)(H2,16,18,22). The number of thiocarbonyl (C=S) groups is 1. The van der Waals surface area contributed by atoms with Crippen LogP contribution in [0.3, 0.4) is 0 Å². The van der Waals surface area contributed by atoms with Crippen LogP contribution >= 0.6 is 23.6 Å². The number of ether oxygens (including phenoxy) is 2. The van der Waals surface area contributed by atoms with Gasteiger partial charge in [-0.25, -0.2) is 0 Å². The molecule has 1 amide bonds. The smallest absolute Gasteiger partial charge is 0.243 e. The molecule has 8 heteroatoms. The summed E-state index contributed by atoms with van der Waals surface area (Å²) < 4.78 is 11.0. The van der Waals surface area contributed by atoms with Gasteiger partial charge in [0.05, 0.1) is 6.42 Å². The Labute approximate surface area is 142 Å². The van der Waals surface area contributed by atoms with Crippen LogP contribution in [0.2, 0.25) is 0 Å². The molecule has 0 unspecified atom stereocenters. The molecule has 0 spiro atoms. The quantitative estimate of drug-likeness (QED) is 0.582. The molecule has 23 heavy (non-hydrogen) atoms. The van der Waals surface area contributed by atoms with Gasteiger partial charge in [0.1, 0.15) is 13.2 Å². The molecule has 0 saturated carbocycles. The number of benzene rings is 1. The number of amides is 1. The SMILES string of the molecule is O=C(Cc1cccs1)NNC(=S)Nc1ccc2c(c1)OCCO2. The van der Waals surface area contributed by atoms with E-state index < -0.39 is 0 Å².